The standard InChI is InChI=1S/C15H30N2O6/c1-12(18)11-17-13(19)5-7-21-9-10-22-8-6-16-14(20)23-15(2,3)4/h12,18H,5-11H2,1-4H3,(H,16,20)(H,17,19)/t12-/m0/s1. The Morgan fingerprint density at radius 1 is 1.04 bits per heavy atom. The Balaban J connectivity index is 3.34. The van der Waals surface area contributed by atoms with E-state index in [-0.39, 0.29) is 18.9 Å². The minimum Gasteiger partial charge on any atom is -0.444 e. The molecule has 0 aromatic heterocycles. The van der Waals surface area contributed by atoms with Crippen molar-refractivity contribution < 1.29 is 28.9 Å². The Bertz CT molecular complexity index is 341. The number of rotatable bonds is 11. The molecule has 0 aliphatic carbocycles. The fraction of sp³-hybridized carbons (Fsp3) is 0.867. The number of nitrogens with one attached hydrogen (secondary N) is 2. The zero-order valence-electron chi connectivity index (χ0n) is 14.5. The summed E-state index contributed by atoms with van der Waals surface area (Å²) in [7, 11) is 0. The largest absolute Gasteiger partial charge is 0.444 e. The molecule has 0 radical (unpaired) electrons. The first-order valence-corrected chi connectivity index (χ1v) is 7.78. The Morgan fingerprint density at radius 2 is 1.65 bits per heavy atom. The zero-order valence-corrected chi connectivity index (χ0v) is 14.5. The lowest BCUT2D eigenvalue weighted by atomic mass is 10.2. The molecular formula is C15H30N2O6. The Hall–Kier alpha value is -1.38. The van der Waals surface area contributed by atoms with Gasteiger partial charge in [-0.2, -0.15) is 0 Å². The maximum absolute atomic E-state index is 11.3. The number of carbonyl (C=O) groups excluding carboxylic acids is 2. The summed E-state index contributed by atoms with van der Waals surface area (Å²) in [6, 6.07) is 0. The van der Waals surface area contributed by atoms with Gasteiger partial charge in [-0.05, 0) is 27.7 Å². The van der Waals surface area contributed by atoms with Crippen LogP contribution in [-0.4, -0.2) is 68.3 Å². The lowest BCUT2D eigenvalue weighted by Crippen LogP contribution is -2.34. The quantitative estimate of drug-likeness (QED) is 0.473. The molecule has 0 bridgehead atoms. The van der Waals surface area contributed by atoms with Crippen molar-refractivity contribution >= 4 is 12.0 Å². The van der Waals surface area contributed by atoms with Crippen molar-refractivity contribution in [3.8, 4) is 0 Å². The van der Waals surface area contributed by atoms with Gasteiger partial charge in [-0.1, -0.05) is 0 Å². The van der Waals surface area contributed by atoms with Gasteiger partial charge >= 0.3 is 6.09 Å². The van der Waals surface area contributed by atoms with Crippen LogP contribution in [0, 0.1) is 0 Å². The molecule has 0 aromatic carbocycles. The molecule has 1 atom stereocenters. The minimum absolute atomic E-state index is 0.159. The van der Waals surface area contributed by atoms with Gasteiger partial charge in [0.25, 0.3) is 0 Å². The summed E-state index contributed by atoms with van der Waals surface area (Å²) in [5.74, 6) is -0.159. The molecule has 8 nitrogen and oxygen atoms in total. The van der Waals surface area contributed by atoms with E-state index in [1.54, 1.807) is 27.7 Å². The topological polar surface area (TPSA) is 106 Å². The number of hydrogen-bond donors (Lipinski definition) is 3. The number of amides is 2. The van der Waals surface area contributed by atoms with E-state index in [2.05, 4.69) is 10.6 Å². The maximum atomic E-state index is 11.3. The Kier molecular flexibility index (Phi) is 11.4. The number of hydrogen-bond acceptors (Lipinski definition) is 6. The smallest absolute Gasteiger partial charge is 0.407 e. The summed E-state index contributed by atoms with van der Waals surface area (Å²) in [6.07, 6.45) is -0.782. The first kappa shape index (κ1) is 21.6. The summed E-state index contributed by atoms with van der Waals surface area (Å²) >= 11 is 0. The van der Waals surface area contributed by atoms with Crippen LogP contribution in [0.5, 0.6) is 0 Å². The number of aliphatic hydroxyl groups is 1. The highest BCUT2D eigenvalue weighted by molar-refractivity contribution is 5.75. The van der Waals surface area contributed by atoms with Crippen molar-refractivity contribution in [3.05, 3.63) is 0 Å². The highest BCUT2D eigenvalue weighted by Gasteiger charge is 2.15. The van der Waals surface area contributed by atoms with E-state index in [4.69, 9.17) is 19.3 Å². The van der Waals surface area contributed by atoms with Crippen molar-refractivity contribution in [3.63, 3.8) is 0 Å². The number of aliphatic hydroxyl groups excluding tert-OH is 1. The van der Waals surface area contributed by atoms with Gasteiger partial charge in [-0.3, -0.25) is 4.79 Å². The van der Waals surface area contributed by atoms with E-state index >= 15 is 0 Å². The van der Waals surface area contributed by atoms with Crippen LogP contribution in [0.25, 0.3) is 0 Å². The predicted molar refractivity (Wildman–Crippen MR) is 85.2 cm³/mol. The van der Waals surface area contributed by atoms with Gasteiger partial charge in [-0.15, -0.1) is 0 Å². The molecule has 2 amide bonds. The van der Waals surface area contributed by atoms with Crippen LogP contribution in [-0.2, 0) is 19.0 Å². The molecule has 0 unspecified atom stereocenters. The van der Waals surface area contributed by atoms with Crippen LogP contribution in [0.1, 0.15) is 34.1 Å². The summed E-state index contributed by atoms with van der Waals surface area (Å²) in [5, 5.41) is 14.2. The molecule has 136 valence electrons. The summed E-state index contributed by atoms with van der Waals surface area (Å²) in [5.41, 5.74) is -0.514. The first-order chi connectivity index (χ1) is 10.7. The zero-order chi connectivity index (χ0) is 17.7. The number of carbonyl (C=O) groups is 2. The molecule has 0 saturated heterocycles. The van der Waals surface area contributed by atoms with Crippen LogP contribution < -0.4 is 10.6 Å². The molecule has 23 heavy (non-hydrogen) atoms. The SMILES string of the molecule is C[C@H](O)CNC(=O)CCOCCOCCNC(=O)OC(C)(C)C. The summed E-state index contributed by atoms with van der Waals surface area (Å²) < 4.78 is 15.6. The molecule has 0 fully saturated rings. The molecule has 0 rings (SSSR count). The number of alkyl carbamates (subject to hydrolysis) is 1. The molecule has 8 heteroatoms. The second-order valence-corrected chi connectivity index (χ2v) is 6.06. The van der Waals surface area contributed by atoms with E-state index in [1.807, 2.05) is 0 Å². The molecule has 0 heterocycles. The number of ether oxygens (including phenoxy) is 3. The molecule has 0 spiro atoms. The van der Waals surface area contributed by atoms with Gasteiger partial charge in [0.2, 0.25) is 5.91 Å². The molecule has 0 aliphatic rings. The Labute approximate surface area is 137 Å². The van der Waals surface area contributed by atoms with Crippen LogP contribution in [0.2, 0.25) is 0 Å². The summed E-state index contributed by atoms with van der Waals surface area (Å²) in [6.45, 7) is 9.00. The molecule has 0 saturated carbocycles. The van der Waals surface area contributed by atoms with Crippen LogP contribution in [0.3, 0.4) is 0 Å². The van der Waals surface area contributed by atoms with Crippen LogP contribution >= 0.6 is 0 Å². The van der Waals surface area contributed by atoms with E-state index in [0.29, 0.717) is 33.0 Å². The van der Waals surface area contributed by atoms with E-state index in [9.17, 15) is 9.59 Å². The highest BCUT2D eigenvalue weighted by atomic mass is 16.6. The second kappa shape index (κ2) is 12.1. The lowest BCUT2D eigenvalue weighted by Gasteiger charge is -2.19. The fourth-order valence-electron chi connectivity index (χ4n) is 1.38. The van der Waals surface area contributed by atoms with E-state index in [1.165, 1.54) is 0 Å². The van der Waals surface area contributed by atoms with Crippen LogP contribution in [0.15, 0.2) is 0 Å². The van der Waals surface area contributed by atoms with Gasteiger partial charge in [0.1, 0.15) is 5.60 Å². The lowest BCUT2D eigenvalue weighted by molar-refractivity contribution is -0.122. The first-order valence-electron chi connectivity index (χ1n) is 7.78. The van der Waals surface area contributed by atoms with Gasteiger partial charge in [0, 0.05) is 19.5 Å². The van der Waals surface area contributed by atoms with Crippen molar-refractivity contribution in [1.82, 2.24) is 10.6 Å². The highest BCUT2D eigenvalue weighted by Crippen LogP contribution is 2.05. The van der Waals surface area contributed by atoms with E-state index in [0.717, 1.165) is 0 Å². The fourth-order valence-corrected chi connectivity index (χ4v) is 1.38. The van der Waals surface area contributed by atoms with Crippen molar-refractivity contribution in [2.75, 3.05) is 39.5 Å². The summed E-state index contributed by atoms with van der Waals surface area (Å²) in [4.78, 5) is 22.6. The molecule has 0 aromatic rings. The average Bonchev–Trinajstić information content (AvgIpc) is 2.41. The minimum atomic E-state index is -0.553. The second-order valence-electron chi connectivity index (χ2n) is 6.06. The van der Waals surface area contributed by atoms with Crippen molar-refractivity contribution in [2.45, 2.75) is 45.8 Å². The third kappa shape index (κ3) is 16.8. The normalized spacial score (nSPS) is 12.6. The molecule has 0 aliphatic heterocycles. The predicted octanol–water partition coefficient (Wildman–Crippen LogP) is 0.431. The van der Waals surface area contributed by atoms with Gasteiger partial charge in [0.05, 0.1) is 32.5 Å². The third-order valence-corrected chi connectivity index (χ3v) is 2.35. The van der Waals surface area contributed by atoms with Gasteiger partial charge < -0.3 is 30.0 Å². The average molecular weight is 334 g/mol. The van der Waals surface area contributed by atoms with Crippen molar-refractivity contribution in [2.24, 2.45) is 0 Å². The Morgan fingerprint density at radius 3 is 2.22 bits per heavy atom. The monoisotopic (exact) mass is 334 g/mol. The van der Waals surface area contributed by atoms with Gasteiger partial charge in [-0.25, -0.2) is 4.79 Å². The van der Waals surface area contributed by atoms with E-state index < -0.39 is 17.8 Å². The van der Waals surface area contributed by atoms with Gasteiger partial charge in [0.15, 0.2) is 0 Å². The van der Waals surface area contributed by atoms with Crippen LogP contribution in [0.4, 0.5) is 4.79 Å². The van der Waals surface area contributed by atoms with Crippen molar-refractivity contribution in [1.29, 1.82) is 0 Å². The molecule has 3 N–H and O–H groups in total. The maximum Gasteiger partial charge on any atom is 0.407 e. The third-order valence-electron chi connectivity index (χ3n) is 2.35. The molecular weight excluding hydrogens is 304 g/mol.